The standard InChI is InChI=1S/C11H14N2O/c1-7-4-3-5-8(2)11(7)9-6-10(14)13-12-9/h3-6,10,12-14H,1-2H3. The third-order valence-corrected chi connectivity index (χ3v) is 2.43. The first-order valence-corrected chi connectivity index (χ1v) is 4.66. The predicted octanol–water partition coefficient (Wildman–Crippen LogP) is 1.07. The van der Waals surface area contributed by atoms with E-state index in [1.54, 1.807) is 6.08 Å². The summed E-state index contributed by atoms with van der Waals surface area (Å²) in [7, 11) is 0. The molecule has 0 aromatic heterocycles. The number of aryl methyl sites for hydroxylation is 2. The average molecular weight is 190 g/mol. The van der Waals surface area contributed by atoms with Gasteiger partial charge in [-0.05, 0) is 31.1 Å². The van der Waals surface area contributed by atoms with Crippen LogP contribution in [-0.2, 0) is 0 Å². The van der Waals surface area contributed by atoms with E-state index in [4.69, 9.17) is 0 Å². The van der Waals surface area contributed by atoms with Crippen molar-refractivity contribution in [2.24, 2.45) is 0 Å². The van der Waals surface area contributed by atoms with Crippen LogP contribution in [0.2, 0.25) is 0 Å². The molecule has 1 unspecified atom stereocenters. The van der Waals surface area contributed by atoms with Gasteiger partial charge < -0.3 is 10.5 Å². The molecule has 0 radical (unpaired) electrons. The van der Waals surface area contributed by atoms with Gasteiger partial charge in [-0.15, -0.1) is 0 Å². The smallest absolute Gasteiger partial charge is 0.142 e. The van der Waals surface area contributed by atoms with E-state index in [1.807, 2.05) is 6.07 Å². The Kier molecular flexibility index (Phi) is 2.27. The lowest BCUT2D eigenvalue weighted by Crippen LogP contribution is -2.31. The summed E-state index contributed by atoms with van der Waals surface area (Å²) in [4.78, 5) is 0. The van der Waals surface area contributed by atoms with Crippen LogP contribution < -0.4 is 10.9 Å². The van der Waals surface area contributed by atoms with E-state index in [-0.39, 0.29) is 0 Å². The number of rotatable bonds is 1. The van der Waals surface area contributed by atoms with Gasteiger partial charge in [0, 0.05) is 5.56 Å². The summed E-state index contributed by atoms with van der Waals surface area (Å²) in [5.41, 5.74) is 10.2. The van der Waals surface area contributed by atoms with E-state index >= 15 is 0 Å². The molecule has 1 aromatic carbocycles. The van der Waals surface area contributed by atoms with Crippen molar-refractivity contribution < 1.29 is 5.11 Å². The molecule has 0 spiro atoms. The number of hydrogen-bond acceptors (Lipinski definition) is 3. The summed E-state index contributed by atoms with van der Waals surface area (Å²) in [6.07, 6.45) is 1.18. The monoisotopic (exact) mass is 190 g/mol. The van der Waals surface area contributed by atoms with Crippen molar-refractivity contribution in [3.63, 3.8) is 0 Å². The molecule has 1 aromatic rings. The van der Waals surface area contributed by atoms with Crippen LogP contribution in [0.1, 0.15) is 16.7 Å². The highest BCUT2D eigenvalue weighted by molar-refractivity contribution is 5.70. The Hall–Kier alpha value is -1.32. The van der Waals surface area contributed by atoms with Crippen molar-refractivity contribution in [3.8, 4) is 0 Å². The maximum Gasteiger partial charge on any atom is 0.142 e. The Morgan fingerprint density at radius 3 is 2.36 bits per heavy atom. The van der Waals surface area contributed by atoms with Crippen molar-refractivity contribution >= 4 is 5.70 Å². The summed E-state index contributed by atoms with van der Waals surface area (Å²) >= 11 is 0. The highest BCUT2D eigenvalue weighted by Gasteiger charge is 2.15. The minimum atomic E-state index is -0.594. The van der Waals surface area contributed by atoms with Crippen molar-refractivity contribution in [1.29, 1.82) is 0 Å². The third kappa shape index (κ3) is 1.52. The van der Waals surface area contributed by atoms with Crippen molar-refractivity contribution in [2.75, 3.05) is 0 Å². The van der Waals surface area contributed by atoms with Crippen molar-refractivity contribution in [2.45, 2.75) is 20.1 Å². The summed E-state index contributed by atoms with van der Waals surface area (Å²) in [6.45, 7) is 4.13. The topological polar surface area (TPSA) is 44.3 Å². The lowest BCUT2D eigenvalue weighted by molar-refractivity contribution is 0.186. The van der Waals surface area contributed by atoms with Crippen LogP contribution in [0.15, 0.2) is 24.3 Å². The van der Waals surface area contributed by atoms with Gasteiger partial charge in [-0.2, -0.15) is 0 Å². The SMILES string of the molecule is Cc1cccc(C)c1C1=CC(O)NN1. The van der Waals surface area contributed by atoms with Gasteiger partial charge in [-0.1, -0.05) is 18.2 Å². The van der Waals surface area contributed by atoms with Gasteiger partial charge >= 0.3 is 0 Å². The fourth-order valence-corrected chi connectivity index (χ4v) is 1.78. The minimum absolute atomic E-state index is 0.594. The minimum Gasteiger partial charge on any atom is -0.373 e. The molecule has 0 amide bonds. The zero-order valence-corrected chi connectivity index (χ0v) is 8.33. The van der Waals surface area contributed by atoms with E-state index in [2.05, 4.69) is 36.8 Å². The van der Waals surface area contributed by atoms with Gasteiger partial charge in [0.1, 0.15) is 6.23 Å². The quantitative estimate of drug-likeness (QED) is 0.620. The van der Waals surface area contributed by atoms with Crippen LogP contribution in [0.5, 0.6) is 0 Å². The highest BCUT2D eigenvalue weighted by atomic mass is 16.3. The van der Waals surface area contributed by atoms with Crippen LogP contribution in [0.25, 0.3) is 5.70 Å². The molecule has 3 nitrogen and oxygen atoms in total. The van der Waals surface area contributed by atoms with Crippen molar-refractivity contribution in [3.05, 3.63) is 41.0 Å². The number of aliphatic hydroxyl groups excluding tert-OH is 1. The average Bonchev–Trinajstić information content (AvgIpc) is 2.51. The van der Waals surface area contributed by atoms with Gasteiger partial charge in [0.2, 0.25) is 0 Å². The summed E-state index contributed by atoms with van der Waals surface area (Å²) in [6, 6.07) is 6.17. The van der Waals surface area contributed by atoms with Crippen LogP contribution in [-0.4, -0.2) is 11.3 Å². The summed E-state index contributed by atoms with van der Waals surface area (Å²) in [5, 5.41) is 9.29. The van der Waals surface area contributed by atoms with Gasteiger partial charge in [-0.3, -0.25) is 0 Å². The predicted molar refractivity (Wildman–Crippen MR) is 56.2 cm³/mol. The first-order chi connectivity index (χ1) is 6.68. The summed E-state index contributed by atoms with van der Waals surface area (Å²) in [5.74, 6) is 0. The second kappa shape index (κ2) is 3.44. The normalized spacial score (nSPS) is 20.5. The van der Waals surface area contributed by atoms with E-state index < -0.39 is 6.23 Å². The fraction of sp³-hybridized carbons (Fsp3) is 0.273. The number of aliphatic hydroxyl groups is 1. The molecule has 2 rings (SSSR count). The van der Waals surface area contributed by atoms with E-state index in [1.165, 1.54) is 11.1 Å². The first-order valence-electron chi connectivity index (χ1n) is 4.66. The Bertz CT molecular complexity index is 365. The number of hydrazine groups is 1. The molecule has 1 atom stereocenters. The van der Waals surface area contributed by atoms with Crippen LogP contribution in [0.4, 0.5) is 0 Å². The molecular formula is C11H14N2O. The van der Waals surface area contributed by atoms with Crippen LogP contribution >= 0.6 is 0 Å². The molecule has 1 aliphatic rings. The second-order valence-electron chi connectivity index (χ2n) is 3.56. The third-order valence-electron chi connectivity index (χ3n) is 2.43. The van der Waals surface area contributed by atoms with E-state index in [9.17, 15) is 5.11 Å². The van der Waals surface area contributed by atoms with Gasteiger partial charge in [0.15, 0.2) is 0 Å². The Labute approximate surface area is 83.4 Å². The Balaban J connectivity index is 2.46. The molecule has 3 heteroatoms. The lowest BCUT2D eigenvalue weighted by atomic mass is 10.0. The fourth-order valence-electron chi connectivity index (χ4n) is 1.78. The molecule has 0 saturated heterocycles. The van der Waals surface area contributed by atoms with Crippen LogP contribution in [0, 0.1) is 13.8 Å². The number of benzene rings is 1. The zero-order chi connectivity index (χ0) is 10.1. The molecule has 74 valence electrons. The second-order valence-corrected chi connectivity index (χ2v) is 3.56. The molecule has 3 N–H and O–H groups in total. The number of hydrogen-bond donors (Lipinski definition) is 3. The molecule has 0 aliphatic carbocycles. The van der Waals surface area contributed by atoms with Crippen LogP contribution in [0.3, 0.4) is 0 Å². The van der Waals surface area contributed by atoms with Crippen molar-refractivity contribution in [1.82, 2.24) is 10.9 Å². The molecule has 0 fully saturated rings. The van der Waals surface area contributed by atoms with E-state index in [0.29, 0.717) is 0 Å². The Morgan fingerprint density at radius 1 is 1.21 bits per heavy atom. The van der Waals surface area contributed by atoms with Gasteiger partial charge in [-0.25, -0.2) is 5.43 Å². The van der Waals surface area contributed by atoms with Gasteiger partial charge in [0.25, 0.3) is 0 Å². The number of nitrogens with one attached hydrogen (secondary N) is 2. The maximum absolute atomic E-state index is 9.29. The Morgan fingerprint density at radius 2 is 1.86 bits per heavy atom. The molecule has 0 saturated carbocycles. The largest absolute Gasteiger partial charge is 0.373 e. The molecule has 14 heavy (non-hydrogen) atoms. The zero-order valence-electron chi connectivity index (χ0n) is 8.33. The summed E-state index contributed by atoms with van der Waals surface area (Å²) < 4.78 is 0. The molecule has 1 aliphatic heterocycles. The van der Waals surface area contributed by atoms with Gasteiger partial charge in [0.05, 0.1) is 5.70 Å². The molecule has 0 bridgehead atoms. The lowest BCUT2D eigenvalue weighted by Gasteiger charge is -2.10. The molecular weight excluding hydrogens is 176 g/mol. The first kappa shape index (κ1) is 9.24. The molecule has 1 heterocycles. The van der Waals surface area contributed by atoms with E-state index in [0.717, 1.165) is 11.3 Å². The maximum atomic E-state index is 9.29. The highest BCUT2D eigenvalue weighted by Crippen LogP contribution is 2.22.